The maximum Gasteiger partial charge on any atom is 0.164 e. The van der Waals surface area contributed by atoms with E-state index in [1.807, 2.05) is 18.7 Å². The summed E-state index contributed by atoms with van der Waals surface area (Å²) >= 11 is 1.68. The van der Waals surface area contributed by atoms with Crippen molar-refractivity contribution in [3.05, 3.63) is 0 Å². The van der Waals surface area contributed by atoms with Crippen LogP contribution in [0.1, 0.15) is 20.8 Å². The number of aliphatic hydroxyl groups excluding tert-OH is 1. The second-order valence-corrected chi connectivity index (χ2v) is 8.85. The van der Waals surface area contributed by atoms with Gasteiger partial charge in [0.15, 0.2) is 9.84 Å². The summed E-state index contributed by atoms with van der Waals surface area (Å²) in [5.41, 5.74) is -0.287. The molecule has 0 amide bonds. The van der Waals surface area contributed by atoms with Gasteiger partial charge in [-0.15, -0.1) is 0 Å². The smallest absolute Gasteiger partial charge is 0.164 e. The van der Waals surface area contributed by atoms with Gasteiger partial charge in [-0.3, -0.25) is 4.90 Å². The van der Waals surface area contributed by atoms with Crippen LogP contribution in [0.3, 0.4) is 0 Å². The molecule has 6 heteroatoms. The molecule has 2 atom stereocenters. The molecule has 0 aromatic heterocycles. The molecule has 0 aliphatic carbocycles. The molecule has 1 heterocycles. The van der Waals surface area contributed by atoms with E-state index >= 15 is 0 Å². The molecule has 0 bridgehead atoms. The minimum atomic E-state index is -3.05. The van der Waals surface area contributed by atoms with Crippen molar-refractivity contribution in [3.8, 4) is 0 Å². The monoisotopic (exact) mass is 281 g/mol. The van der Waals surface area contributed by atoms with Crippen molar-refractivity contribution in [1.82, 2.24) is 4.90 Å². The maximum atomic E-state index is 11.7. The summed E-state index contributed by atoms with van der Waals surface area (Å²) in [5, 5.41) is 9.32. The lowest BCUT2D eigenvalue weighted by molar-refractivity contribution is 0.0333. The number of aliphatic hydroxyl groups is 1. The third-order valence-electron chi connectivity index (χ3n) is 3.43. The molecule has 4 nitrogen and oxygen atoms in total. The second kappa shape index (κ2) is 5.47. The summed E-state index contributed by atoms with van der Waals surface area (Å²) in [7, 11) is -3.05. The molecule has 17 heavy (non-hydrogen) atoms. The molecule has 102 valence electrons. The minimum absolute atomic E-state index is 0.287. The van der Waals surface area contributed by atoms with Crippen molar-refractivity contribution in [2.24, 2.45) is 5.41 Å². The van der Waals surface area contributed by atoms with E-state index in [0.717, 1.165) is 12.3 Å². The average molecular weight is 281 g/mol. The number of thioether (sulfide) groups is 1. The van der Waals surface area contributed by atoms with Gasteiger partial charge in [0.05, 0.1) is 6.10 Å². The highest BCUT2D eigenvalue weighted by molar-refractivity contribution is 8.00. The second-order valence-electron chi connectivity index (χ2n) is 5.49. The Balaban J connectivity index is 2.80. The SMILES string of the molecule is CC(O)C(C)(C)CN1CCSCC1S(C)(=O)=O. The van der Waals surface area contributed by atoms with Crippen LogP contribution in [0.5, 0.6) is 0 Å². The number of nitrogens with zero attached hydrogens (tertiary/aromatic N) is 1. The Morgan fingerprint density at radius 3 is 2.59 bits per heavy atom. The number of sulfone groups is 1. The number of hydrogen-bond donors (Lipinski definition) is 1. The molecule has 1 fully saturated rings. The van der Waals surface area contributed by atoms with E-state index in [2.05, 4.69) is 0 Å². The molecule has 1 N–H and O–H groups in total. The highest BCUT2D eigenvalue weighted by Gasteiger charge is 2.36. The average Bonchev–Trinajstić information content (AvgIpc) is 2.15. The maximum absolute atomic E-state index is 11.7. The van der Waals surface area contributed by atoms with Crippen LogP contribution in [-0.2, 0) is 9.84 Å². The zero-order valence-corrected chi connectivity index (χ0v) is 12.6. The Morgan fingerprint density at radius 2 is 2.12 bits per heavy atom. The molecule has 0 spiro atoms. The van der Waals surface area contributed by atoms with E-state index in [4.69, 9.17) is 0 Å². The van der Waals surface area contributed by atoms with Crippen LogP contribution >= 0.6 is 11.8 Å². The zero-order valence-electron chi connectivity index (χ0n) is 11.0. The Bertz CT molecular complexity index is 352. The predicted octanol–water partition coefficient (Wildman–Crippen LogP) is 0.813. The molecule has 0 radical (unpaired) electrons. The standard InChI is InChI=1S/C11H23NO3S2/c1-9(13)11(2,3)8-12-5-6-16-7-10(12)17(4,14)15/h9-10,13H,5-8H2,1-4H3. The molecular formula is C11H23NO3S2. The van der Waals surface area contributed by atoms with Gasteiger partial charge in [-0.1, -0.05) is 13.8 Å². The third-order valence-corrected chi connectivity index (χ3v) is 6.11. The summed E-state index contributed by atoms with van der Waals surface area (Å²) in [6.45, 7) is 7.09. The first-order chi connectivity index (χ1) is 7.64. The van der Waals surface area contributed by atoms with Gasteiger partial charge >= 0.3 is 0 Å². The van der Waals surface area contributed by atoms with Gasteiger partial charge in [0.1, 0.15) is 5.37 Å². The molecule has 2 unspecified atom stereocenters. The Kier molecular flexibility index (Phi) is 4.91. The molecule has 0 aromatic carbocycles. The van der Waals surface area contributed by atoms with Gasteiger partial charge < -0.3 is 5.11 Å². The zero-order chi connectivity index (χ0) is 13.3. The van der Waals surface area contributed by atoms with Crippen molar-refractivity contribution in [1.29, 1.82) is 0 Å². The summed E-state index contributed by atoms with van der Waals surface area (Å²) in [6, 6.07) is 0. The van der Waals surface area contributed by atoms with E-state index in [0.29, 0.717) is 12.3 Å². The summed E-state index contributed by atoms with van der Waals surface area (Å²) in [5.74, 6) is 1.59. The number of rotatable bonds is 4. The third kappa shape index (κ3) is 4.12. The normalized spacial score (nSPS) is 25.8. The Hall–Kier alpha value is 0.220. The minimum Gasteiger partial charge on any atom is -0.393 e. The van der Waals surface area contributed by atoms with Crippen LogP contribution < -0.4 is 0 Å². The summed E-state index contributed by atoms with van der Waals surface area (Å²) < 4.78 is 23.5. The van der Waals surface area contributed by atoms with Crippen LogP contribution in [0, 0.1) is 5.41 Å². The summed E-state index contributed by atoms with van der Waals surface area (Å²) in [6.07, 6.45) is 0.851. The molecule has 0 saturated carbocycles. The van der Waals surface area contributed by atoms with E-state index in [1.165, 1.54) is 6.26 Å². The van der Waals surface area contributed by atoms with E-state index in [9.17, 15) is 13.5 Å². The highest BCUT2D eigenvalue weighted by atomic mass is 32.2. The lowest BCUT2D eigenvalue weighted by atomic mass is 9.87. The molecule has 1 saturated heterocycles. The Morgan fingerprint density at radius 1 is 1.53 bits per heavy atom. The molecule has 1 aliphatic heterocycles. The summed E-state index contributed by atoms with van der Waals surface area (Å²) in [4.78, 5) is 2.00. The van der Waals surface area contributed by atoms with Crippen LogP contribution in [0.15, 0.2) is 0 Å². The highest BCUT2D eigenvalue weighted by Crippen LogP contribution is 2.27. The van der Waals surface area contributed by atoms with E-state index in [1.54, 1.807) is 18.7 Å². The van der Waals surface area contributed by atoms with Crippen molar-refractivity contribution < 1.29 is 13.5 Å². The van der Waals surface area contributed by atoms with Crippen molar-refractivity contribution in [2.75, 3.05) is 30.9 Å². The first-order valence-corrected chi connectivity index (χ1v) is 8.94. The van der Waals surface area contributed by atoms with Crippen molar-refractivity contribution in [2.45, 2.75) is 32.2 Å². The van der Waals surface area contributed by atoms with Crippen molar-refractivity contribution in [3.63, 3.8) is 0 Å². The van der Waals surface area contributed by atoms with Crippen LogP contribution in [0.25, 0.3) is 0 Å². The topological polar surface area (TPSA) is 57.6 Å². The Labute approximate surface area is 109 Å². The number of hydrogen-bond acceptors (Lipinski definition) is 5. The fraction of sp³-hybridized carbons (Fsp3) is 1.00. The molecule has 0 aromatic rings. The predicted molar refractivity (Wildman–Crippen MR) is 73.0 cm³/mol. The molecule has 1 aliphatic rings. The lowest BCUT2D eigenvalue weighted by Crippen LogP contribution is -2.52. The van der Waals surface area contributed by atoms with Crippen molar-refractivity contribution >= 4 is 21.6 Å². The van der Waals surface area contributed by atoms with Gasteiger partial charge in [0.2, 0.25) is 0 Å². The van der Waals surface area contributed by atoms with E-state index in [-0.39, 0.29) is 5.41 Å². The van der Waals surface area contributed by atoms with Gasteiger partial charge in [0.25, 0.3) is 0 Å². The van der Waals surface area contributed by atoms with Crippen LogP contribution in [-0.4, -0.2) is 60.8 Å². The first-order valence-electron chi connectivity index (χ1n) is 5.83. The van der Waals surface area contributed by atoms with Crippen LogP contribution in [0.2, 0.25) is 0 Å². The van der Waals surface area contributed by atoms with Gasteiger partial charge in [-0.2, -0.15) is 11.8 Å². The fourth-order valence-electron chi connectivity index (χ4n) is 1.85. The quantitative estimate of drug-likeness (QED) is 0.826. The first kappa shape index (κ1) is 15.3. The largest absolute Gasteiger partial charge is 0.393 e. The van der Waals surface area contributed by atoms with Gasteiger partial charge in [-0.25, -0.2) is 8.42 Å². The molecule has 1 rings (SSSR count). The lowest BCUT2D eigenvalue weighted by Gasteiger charge is -2.40. The van der Waals surface area contributed by atoms with Gasteiger partial charge in [-0.05, 0) is 6.92 Å². The molecular weight excluding hydrogens is 258 g/mol. The van der Waals surface area contributed by atoms with Crippen LogP contribution in [0.4, 0.5) is 0 Å². The fourth-order valence-corrected chi connectivity index (χ4v) is 4.79. The van der Waals surface area contributed by atoms with E-state index < -0.39 is 21.3 Å². The van der Waals surface area contributed by atoms with Gasteiger partial charge in [0, 0.05) is 36.3 Å².